The Balaban J connectivity index is 2.14. The molecule has 4 atom stereocenters. The Kier molecular flexibility index (Phi) is 9.77. The predicted molar refractivity (Wildman–Crippen MR) is 151 cm³/mol. The molecule has 1 heterocycles. The molecular weight excluding hydrogens is 476 g/mol. The number of carbonyl (C=O) groups is 2. The minimum absolute atomic E-state index is 0.0324. The summed E-state index contributed by atoms with van der Waals surface area (Å²) in [5, 5.41) is 0. The van der Waals surface area contributed by atoms with Crippen LogP contribution < -0.4 is 0 Å². The summed E-state index contributed by atoms with van der Waals surface area (Å²) in [6.07, 6.45) is 0.169. The van der Waals surface area contributed by atoms with Crippen LogP contribution in [0.5, 0.6) is 0 Å². The molecule has 0 unspecified atom stereocenters. The number of carbonyl (C=O) groups excluding carboxylic acids is 2. The molecule has 208 valence electrons. The highest BCUT2D eigenvalue weighted by atomic mass is 16.6. The van der Waals surface area contributed by atoms with Gasteiger partial charge in [-0.3, -0.25) is 19.4 Å². The van der Waals surface area contributed by atoms with Crippen molar-refractivity contribution in [2.75, 3.05) is 20.2 Å². The van der Waals surface area contributed by atoms with Crippen molar-refractivity contribution in [3.63, 3.8) is 0 Å². The van der Waals surface area contributed by atoms with Crippen molar-refractivity contribution in [1.29, 1.82) is 0 Å². The average Bonchev–Trinajstić information content (AvgIpc) is 2.86. The summed E-state index contributed by atoms with van der Waals surface area (Å²) in [7, 11) is 1.41. The molecule has 2 aromatic carbocycles. The second-order valence-electron chi connectivity index (χ2n) is 12.5. The van der Waals surface area contributed by atoms with Gasteiger partial charge in [-0.15, -0.1) is 0 Å². The maximum atomic E-state index is 14.0. The van der Waals surface area contributed by atoms with E-state index in [2.05, 4.69) is 86.0 Å². The highest BCUT2D eigenvalue weighted by Gasteiger charge is 2.49. The van der Waals surface area contributed by atoms with Gasteiger partial charge in [0, 0.05) is 37.3 Å². The van der Waals surface area contributed by atoms with Crippen molar-refractivity contribution in [2.24, 2.45) is 11.8 Å². The number of piperidine rings is 1. The molecule has 6 nitrogen and oxygen atoms in total. The van der Waals surface area contributed by atoms with Crippen LogP contribution in [-0.4, -0.2) is 59.1 Å². The molecule has 1 fully saturated rings. The number of likely N-dealkylation sites (tertiary alicyclic amines) is 1. The molecular formula is C32H46N2O4. The molecule has 2 aromatic rings. The Bertz CT molecular complexity index is 1040. The molecule has 6 heteroatoms. The average molecular weight is 523 g/mol. The second kappa shape index (κ2) is 12.4. The van der Waals surface area contributed by atoms with Crippen LogP contribution in [0.3, 0.4) is 0 Å². The number of nitrogens with zero attached hydrogens (tertiary/aromatic N) is 2. The van der Waals surface area contributed by atoms with Crippen molar-refractivity contribution in [3.05, 3.63) is 71.8 Å². The minimum Gasteiger partial charge on any atom is -0.469 e. The third-order valence-corrected chi connectivity index (χ3v) is 7.48. The van der Waals surface area contributed by atoms with Crippen LogP contribution >= 0.6 is 0 Å². The van der Waals surface area contributed by atoms with Crippen LogP contribution in [0.1, 0.15) is 72.1 Å². The van der Waals surface area contributed by atoms with E-state index in [1.807, 2.05) is 32.9 Å². The fourth-order valence-electron chi connectivity index (χ4n) is 5.45. The third-order valence-electron chi connectivity index (χ3n) is 7.48. The molecule has 0 spiro atoms. The first kappa shape index (κ1) is 29.9. The summed E-state index contributed by atoms with van der Waals surface area (Å²) >= 11 is 0. The monoisotopic (exact) mass is 522 g/mol. The van der Waals surface area contributed by atoms with Crippen molar-refractivity contribution in [1.82, 2.24) is 9.80 Å². The molecule has 0 bridgehead atoms. The number of methoxy groups -OCH3 is 1. The van der Waals surface area contributed by atoms with Crippen molar-refractivity contribution in [3.8, 4) is 0 Å². The standard InChI is InChI=1S/C32H46N2O4/c1-23(25-17-13-10-14-18-25)34(20-24-15-11-9-12-16-24)27-22-33(31(2,3)4)21-26(19-28(35)37-8)29(27)30(36)38-32(5,6)7/h9-18,23,26-27,29H,19-22H2,1-8H3/t23-,26+,27-,29-/m0/s1. The van der Waals surface area contributed by atoms with Crippen molar-refractivity contribution < 1.29 is 19.1 Å². The fourth-order valence-corrected chi connectivity index (χ4v) is 5.45. The van der Waals surface area contributed by atoms with Crippen LogP contribution in [0, 0.1) is 11.8 Å². The summed E-state index contributed by atoms with van der Waals surface area (Å²) in [6, 6.07) is 20.6. The van der Waals surface area contributed by atoms with Gasteiger partial charge in [-0.1, -0.05) is 60.7 Å². The van der Waals surface area contributed by atoms with Gasteiger partial charge in [-0.2, -0.15) is 0 Å². The zero-order valence-corrected chi connectivity index (χ0v) is 24.4. The summed E-state index contributed by atoms with van der Waals surface area (Å²) in [5.41, 5.74) is 1.59. The Labute approximate surface area is 229 Å². The molecule has 1 aliphatic heterocycles. The lowest BCUT2D eigenvalue weighted by atomic mass is 9.77. The molecule has 1 aliphatic rings. The fraction of sp³-hybridized carbons (Fsp3) is 0.562. The molecule has 1 saturated heterocycles. The number of hydrogen-bond acceptors (Lipinski definition) is 6. The maximum absolute atomic E-state index is 14.0. The number of hydrogen-bond donors (Lipinski definition) is 0. The quantitative estimate of drug-likeness (QED) is 0.404. The molecule has 0 aliphatic carbocycles. The summed E-state index contributed by atoms with van der Waals surface area (Å²) in [6.45, 7) is 16.4. The van der Waals surface area contributed by atoms with Crippen LogP contribution in [0.2, 0.25) is 0 Å². The Hall–Kier alpha value is -2.70. The molecule has 0 N–H and O–H groups in total. The van der Waals surface area contributed by atoms with Gasteiger partial charge in [0.25, 0.3) is 0 Å². The number of benzene rings is 2. The van der Waals surface area contributed by atoms with E-state index in [4.69, 9.17) is 9.47 Å². The minimum atomic E-state index is -0.631. The van der Waals surface area contributed by atoms with Gasteiger partial charge in [0.15, 0.2) is 0 Å². The van der Waals surface area contributed by atoms with Crippen LogP contribution in [0.15, 0.2) is 60.7 Å². The zero-order valence-electron chi connectivity index (χ0n) is 24.4. The van der Waals surface area contributed by atoms with Gasteiger partial charge in [0.1, 0.15) is 5.60 Å². The topological polar surface area (TPSA) is 59.1 Å². The zero-order chi connectivity index (χ0) is 28.1. The molecule has 38 heavy (non-hydrogen) atoms. The first-order valence-electron chi connectivity index (χ1n) is 13.7. The van der Waals surface area contributed by atoms with Crippen LogP contribution in [-0.2, 0) is 25.6 Å². The van der Waals surface area contributed by atoms with Gasteiger partial charge in [-0.25, -0.2) is 0 Å². The normalized spacial score (nSPS) is 21.7. The predicted octanol–water partition coefficient (Wildman–Crippen LogP) is 5.87. The van der Waals surface area contributed by atoms with Gasteiger partial charge >= 0.3 is 11.9 Å². The van der Waals surface area contributed by atoms with Crippen LogP contribution in [0.25, 0.3) is 0 Å². The molecule has 3 rings (SSSR count). The largest absolute Gasteiger partial charge is 0.469 e. The molecule has 0 aromatic heterocycles. The van der Waals surface area contributed by atoms with E-state index in [1.54, 1.807) is 0 Å². The highest BCUT2D eigenvalue weighted by Crippen LogP contribution is 2.39. The first-order valence-corrected chi connectivity index (χ1v) is 13.7. The Morgan fingerprint density at radius 3 is 2.05 bits per heavy atom. The summed E-state index contributed by atoms with van der Waals surface area (Å²) in [5.74, 6) is -1.27. The smallest absolute Gasteiger partial charge is 0.311 e. The maximum Gasteiger partial charge on any atom is 0.311 e. The lowest BCUT2D eigenvalue weighted by Crippen LogP contribution is -2.63. The van der Waals surface area contributed by atoms with Crippen LogP contribution in [0.4, 0.5) is 0 Å². The van der Waals surface area contributed by atoms with E-state index >= 15 is 0 Å². The Morgan fingerprint density at radius 2 is 1.53 bits per heavy atom. The van der Waals surface area contributed by atoms with Crippen molar-refractivity contribution >= 4 is 11.9 Å². The molecule has 0 saturated carbocycles. The third kappa shape index (κ3) is 7.90. The number of esters is 2. The SMILES string of the molecule is COC(=O)C[C@@H]1CN(C(C)(C)C)C[C@H](N(Cc2ccccc2)[C@@H](C)c2ccccc2)[C@H]1C(=O)OC(C)(C)C. The van der Waals surface area contributed by atoms with E-state index in [1.165, 1.54) is 18.2 Å². The number of ether oxygens (including phenoxy) is 2. The van der Waals surface area contributed by atoms with E-state index in [-0.39, 0.29) is 41.9 Å². The molecule has 0 radical (unpaired) electrons. The molecule has 0 amide bonds. The summed E-state index contributed by atoms with van der Waals surface area (Å²) in [4.78, 5) is 31.4. The van der Waals surface area contributed by atoms with E-state index in [0.29, 0.717) is 19.6 Å². The second-order valence-corrected chi connectivity index (χ2v) is 12.5. The van der Waals surface area contributed by atoms with E-state index < -0.39 is 11.5 Å². The number of rotatable bonds is 8. The lowest BCUT2D eigenvalue weighted by molar-refractivity contribution is -0.172. The van der Waals surface area contributed by atoms with Gasteiger partial charge in [-0.05, 0) is 65.5 Å². The summed E-state index contributed by atoms with van der Waals surface area (Å²) < 4.78 is 11.1. The van der Waals surface area contributed by atoms with Gasteiger partial charge in [0.05, 0.1) is 19.4 Å². The highest BCUT2D eigenvalue weighted by molar-refractivity contribution is 5.76. The van der Waals surface area contributed by atoms with E-state index in [9.17, 15) is 9.59 Å². The van der Waals surface area contributed by atoms with Gasteiger partial charge in [0.2, 0.25) is 0 Å². The first-order chi connectivity index (χ1) is 17.8. The lowest BCUT2D eigenvalue weighted by Gasteiger charge is -2.52. The van der Waals surface area contributed by atoms with Crippen molar-refractivity contribution in [2.45, 2.75) is 84.7 Å². The van der Waals surface area contributed by atoms with Gasteiger partial charge < -0.3 is 9.47 Å². The van der Waals surface area contributed by atoms with E-state index in [0.717, 1.165) is 0 Å². The Morgan fingerprint density at radius 1 is 0.947 bits per heavy atom.